The molecule has 4 atom stereocenters. The average Bonchev–Trinajstić information content (AvgIpc) is 2.88. The summed E-state index contributed by atoms with van der Waals surface area (Å²) < 4.78 is 0. The minimum Gasteiger partial charge on any atom is -0.508 e. The van der Waals surface area contributed by atoms with E-state index >= 15 is 0 Å². The highest BCUT2D eigenvalue weighted by Gasteiger charge is 2.32. The predicted octanol–water partition coefficient (Wildman–Crippen LogP) is 0.174. The molecule has 0 saturated carbocycles. The molecule has 0 aliphatic carbocycles. The molecule has 0 radical (unpaired) electrons. The summed E-state index contributed by atoms with van der Waals surface area (Å²) in [4.78, 5) is 62.1. The Hall–Kier alpha value is -4.45. The number of nitrogens with two attached hydrogens (primary N) is 1. The van der Waals surface area contributed by atoms with Crippen LogP contribution in [-0.4, -0.2) is 69.1 Å². The van der Waals surface area contributed by atoms with Crippen molar-refractivity contribution >= 4 is 29.7 Å². The fraction of sp³-hybridized carbons (Fsp3) is 0.370. The normalized spacial score (nSPS) is 13.9. The highest BCUT2D eigenvalue weighted by atomic mass is 16.4. The van der Waals surface area contributed by atoms with Crippen molar-refractivity contribution in [2.24, 2.45) is 11.7 Å². The van der Waals surface area contributed by atoms with Gasteiger partial charge in [0.05, 0.1) is 12.5 Å². The minimum absolute atomic E-state index is 0.0213. The third kappa shape index (κ3) is 10.1. The van der Waals surface area contributed by atoms with Crippen LogP contribution >= 0.6 is 0 Å². The predicted molar refractivity (Wildman–Crippen MR) is 140 cm³/mol. The maximum absolute atomic E-state index is 13.3. The smallest absolute Gasteiger partial charge is 0.326 e. The fourth-order valence-corrected chi connectivity index (χ4v) is 3.63. The standard InChI is InChI=1S/C27H34N4O8/c1-15(2)23(28)26(37)30-20(14-22(33)34)25(36)29-19(12-17-8-10-18(32)11-9-17)24(35)31-21(27(38)39)13-16-6-4-3-5-7-16/h3-11,15,19-21,23,32H,12-14,28H2,1-2H3,(H,29,36)(H,30,37)(H,31,35)(H,33,34)(H,38,39). The van der Waals surface area contributed by atoms with E-state index in [9.17, 15) is 39.3 Å². The first-order valence-corrected chi connectivity index (χ1v) is 12.3. The number of rotatable bonds is 14. The molecule has 12 heteroatoms. The van der Waals surface area contributed by atoms with Crippen molar-refractivity contribution in [3.8, 4) is 5.75 Å². The Kier molecular flexibility index (Phi) is 11.4. The zero-order chi connectivity index (χ0) is 29.1. The molecule has 39 heavy (non-hydrogen) atoms. The minimum atomic E-state index is -1.55. The third-order valence-electron chi connectivity index (χ3n) is 5.94. The second-order valence-electron chi connectivity index (χ2n) is 9.45. The first-order chi connectivity index (χ1) is 18.4. The molecular formula is C27H34N4O8. The lowest BCUT2D eigenvalue weighted by Crippen LogP contribution is -2.58. The zero-order valence-corrected chi connectivity index (χ0v) is 21.7. The summed E-state index contributed by atoms with van der Waals surface area (Å²) >= 11 is 0. The topological polar surface area (TPSA) is 208 Å². The summed E-state index contributed by atoms with van der Waals surface area (Å²) in [5.41, 5.74) is 7.00. The molecule has 210 valence electrons. The van der Waals surface area contributed by atoms with E-state index in [1.807, 2.05) is 0 Å². The molecule has 2 aromatic rings. The van der Waals surface area contributed by atoms with Gasteiger partial charge in [-0.3, -0.25) is 19.2 Å². The van der Waals surface area contributed by atoms with Crippen LogP contribution < -0.4 is 21.7 Å². The van der Waals surface area contributed by atoms with Crippen molar-refractivity contribution in [1.29, 1.82) is 0 Å². The number of phenols is 1. The molecule has 2 rings (SSSR count). The van der Waals surface area contributed by atoms with Crippen LogP contribution in [0.2, 0.25) is 0 Å². The summed E-state index contributed by atoms with van der Waals surface area (Å²) in [5, 5.41) is 35.7. The maximum atomic E-state index is 13.3. The van der Waals surface area contributed by atoms with Gasteiger partial charge in [0, 0.05) is 12.8 Å². The first kappa shape index (κ1) is 30.8. The quantitative estimate of drug-likeness (QED) is 0.173. The van der Waals surface area contributed by atoms with E-state index in [-0.39, 0.29) is 24.5 Å². The third-order valence-corrected chi connectivity index (χ3v) is 5.94. The van der Waals surface area contributed by atoms with E-state index in [4.69, 9.17) is 5.73 Å². The number of carboxylic acids is 2. The van der Waals surface area contributed by atoms with E-state index < -0.39 is 60.2 Å². The van der Waals surface area contributed by atoms with Gasteiger partial charge in [-0.25, -0.2) is 4.79 Å². The number of hydrogen-bond donors (Lipinski definition) is 7. The van der Waals surface area contributed by atoms with Gasteiger partial charge in [-0.05, 0) is 29.2 Å². The Balaban J connectivity index is 2.28. The summed E-state index contributed by atoms with van der Waals surface area (Å²) in [5.74, 6) is -5.51. The number of carbonyl (C=O) groups excluding carboxylic acids is 3. The van der Waals surface area contributed by atoms with E-state index in [1.54, 1.807) is 44.2 Å². The number of carboxylic acid groups (broad SMARTS) is 2. The molecule has 3 amide bonds. The van der Waals surface area contributed by atoms with Crippen molar-refractivity contribution in [1.82, 2.24) is 16.0 Å². The summed E-state index contributed by atoms with van der Waals surface area (Å²) in [6, 6.07) is 9.21. The number of phenolic OH excluding ortho intramolecular Hbond substituents is 1. The number of amides is 3. The van der Waals surface area contributed by atoms with Gasteiger partial charge in [0.1, 0.15) is 23.9 Å². The molecule has 2 aromatic carbocycles. The zero-order valence-electron chi connectivity index (χ0n) is 21.7. The largest absolute Gasteiger partial charge is 0.508 e. The van der Waals surface area contributed by atoms with E-state index in [1.165, 1.54) is 24.3 Å². The van der Waals surface area contributed by atoms with Crippen molar-refractivity contribution < 1.29 is 39.3 Å². The van der Waals surface area contributed by atoms with Crippen molar-refractivity contribution in [3.05, 3.63) is 65.7 Å². The Labute approximate surface area is 225 Å². The molecule has 8 N–H and O–H groups in total. The monoisotopic (exact) mass is 542 g/mol. The molecule has 12 nitrogen and oxygen atoms in total. The van der Waals surface area contributed by atoms with Crippen LogP contribution in [0.25, 0.3) is 0 Å². The van der Waals surface area contributed by atoms with Gasteiger partial charge in [0.2, 0.25) is 17.7 Å². The first-order valence-electron chi connectivity index (χ1n) is 12.3. The van der Waals surface area contributed by atoms with Crippen LogP contribution in [0.3, 0.4) is 0 Å². The Morgan fingerprint density at radius 3 is 1.74 bits per heavy atom. The Morgan fingerprint density at radius 1 is 0.718 bits per heavy atom. The molecule has 0 aliphatic rings. The van der Waals surface area contributed by atoms with Crippen LogP contribution in [0.5, 0.6) is 5.75 Å². The number of carbonyl (C=O) groups is 5. The number of nitrogens with one attached hydrogen (secondary N) is 3. The molecule has 0 aliphatic heterocycles. The maximum Gasteiger partial charge on any atom is 0.326 e. The second kappa shape index (κ2) is 14.5. The molecular weight excluding hydrogens is 508 g/mol. The molecule has 0 fully saturated rings. The average molecular weight is 543 g/mol. The molecule has 0 aromatic heterocycles. The van der Waals surface area contributed by atoms with Gasteiger partial charge in [-0.1, -0.05) is 56.3 Å². The lowest BCUT2D eigenvalue weighted by molar-refractivity contribution is -0.143. The molecule has 4 unspecified atom stereocenters. The van der Waals surface area contributed by atoms with Gasteiger partial charge >= 0.3 is 11.9 Å². The summed E-state index contributed by atoms with van der Waals surface area (Å²) in [6.45, 7) is 3.37. The highest BCUT2D eigenvalue weighted by molar-refractivity contribution is 5.95. The number of hydrogen-bond acceptors (Lipinski definition) is 7. The van der Waals surface area contributed by atoms with E-state index in [2.05, 4.69) is 16.0 Å². The second-order valence-corrected chi connectivity index (χ2v) is 9.45. The van der Waals surface area contributed by atoms with Gasteiger partial charge in [-0.15, -0.1) is 0 Å². The van der Waals surface area contributed by atoms with Crippen molar-refractivity contribution in [3.63, 3.8) is 0 Å². The Bertz CT molecular complexity index is 1150. The van der Waals surface area contributed by atoms with Gasteiger partial charge in [0.15, 0.2) is 0 Å². The Morgan fingerprint density at radius 2 is 1.21 bits per heavy atom. The van der Waals surface area contributed by atoms with E-state index in [0.717, 1.165) is 0 Å². The van der Waals surface area contributed by atoms with Crippen molar-refractivity contribution in [2.75, 3.05) is 0 Å². The van der Waals surface area contributed by atoms with Crippen LogP contribution in [0.15, 0.2) is 54.6 Å². The van der Waals surface area contributed by atoms with E-state index in [0.29, 0.717) is 11.1 Å². The van der Waals surface area contributed by atoms with Gasteiger partial charge < -0.3 is 37.0 Å². The SMILES string of the molecule is CC(C)C(N)C(=O)NC(CC(=O)O)C(=O)NC(Cc1ccc(O)cc1)C(=O)NC(Cc1ccccc1)C(=O)O. The van der Waals surface area contributed by atoms with Gasteiger partial charge in [-0.2, -0.15) is 0 Å². The van der Waals surface area contributed by atoms with Crippen LogP contribution in [0.1, 0.15) is 31.4 Å². The highest BCUT2D eigenvalue weighted by Crippen LogP contribution is 2.13. The van der Waals surface area contributed by atoms with Crippen LogP contribution in [0, 0.1) is 5.92 Å². The number of aromatic hydroxyl groups is 1. The summed E-state index contributed by atoms with van der Waals surface area (Å²) in [6.07, 6.45) is -0.914. The summed E-state index contributed by atoms with van der Waals surface area (Å²) in [7, 11) is 0. The van der Waals surface area contributed by atoms with Crippen LogP contribution in [-0.2, 0) is 36.8 Å². The lowest BCUT2D eigenvalue weighted by atomic mass is 10.0. The van der Waals surface area contributed by atoms with Gasteiger partial charge in [0.25, 0.3) is 0 Å². The molecule has 0 spiro atoms. The number of benzene rings is 2. The van der Waals surface area contributed by atoms with Crippen LogP contribution in [0.4, 0.5) is 0 Å². The molecule has 0 bridgehead atoms. The van der Waals surface area contributed by atoms with Crippen molar-refractivity contribution in [2.45, 2.75) is 57.3 Å². The number of aliphatic carboxylic acids is 2. The lowest BCUT2D eigenvalue weighted by Gasteiger charge is -2.25. The molecule has 0 heterocycles. The molecule has 0 saturated heterocycles. The fourth-order valence-electron chi connectivity index (χ4n) is 3.63.